The highest BCUT2D eigenvalue weighted by molar-refractivity contribution is 5.86. The predicted octanol–water partition coefficient (Wildman–Crippen LogP) is 3.13. The first kappa shape index (κ1) is 16.7. The molecule has 0 radical (unpaired) electrons. The molecule has 2 aromatic rings. The van der Waals surface area contributed by atoms with Crippen LogP contribution in [0.4, 0.5) is 0 Å². The Balaban J connectivity index is 1.80. The van der Waals surface area contributed by atoms with Gasteiger partial charge in [-0.05, 0) is 23.9 Å². The summed E-state index contributed by atoms with van der Waals surface area (Å²) in [6.45, 7) is 7.20. The topological polar surface area (TPSA) is 58.4 Å². The Morgan fingerprint density at radius 3 is 2.71 bits per heavy atom. The molecule has 0 unspecified atom stereocenters. The fraction of sp³-hybridized carbons (Fsp3) is 0.474. The summed E-state index contributed by atoms with van der Waals surface area (Å²) in [6, 6.07) is 10.6. The minimum Gasteiger partial charge on any atom is -0.476 e. The molecular formula is C19H25N3O2. The van der Waals surface area contributed by atoms with Crippen molar-refractivity contribution in [3.05, 3.63) is 53.3 Å². The van der Waals surface area contributed by atoms with Gasteiger partial charge in [0.15, 0.2) is 5.69 Å². The van der Waals surface area contributed by atoms with E-state index in [0.717, 1.165) is 25.1 Å². The van der Waals surface area contributed by atoms with Gasteiger partial charge in [-0.2, -0.15) is 5.10 Å². The number of carboxylic acid groups (broad SMARTS) is 1. The van der Waals surface area contributed by atoms with E-state index >= 15 is 0 Å². The Morgan fingerprint density at radius 1 is 1.33 bits per heavy atom. The molecule has 128 valence electrons. The lowest BCUT2D eigenvalue weighted by Crippen LogP contribution is -2.43. The molecule has 0 bridgehead atoms. The molecule has 1 aliphatic heterocycles. The molecule has 1 N–H and O–H groups in total. The zero-order chi connectivity index (χ0) is 17.3. The maximum Gasteiger partial charge on any atom is 0.356 e. The molecule has 1 fully saturated rings. The van der Waals surface area contributed by atoms with Gasteiger partial charge in [-0.15, -0.1) is 0 Å². The first-order valence-electron chi connectivity index (χ1n) is 8.40. The summed E-state index contributed by atoms with van der Waals surface area (Å²) in [4.78, 5) is 13.7. The number of piperidine rings is 1. The Morgan fingerprint density at radius 2 is 2.04 bits per heavy atom. The third-order valence-corrected chi connectivity index (χ3v) is 5.16. The average Bonchev–Trinajstić information content (AvgIpc) is 2.91. The predicted molar refractivity (Wildman–Crippen MR) is 93.0 cm³/mol. The number of nitrogens with zero attached hydrogens (tertiary/aromatic N) is 3. The largest absolute Gasteiger partial charge is 0.476 e. The summed E-state index contributed by atoms with van der Waals surface area (Å²) < 4.78 is 1.58. The SMILES string of the molecule is Cn1cc(CN2CCC(C)(C)[C@@H](c3ccccc3)C2)c(C(=O)O)n1. The van der Waals surface area contributed by atoms with E-state index in [-0.39, 0.29) is 11.1 Å². The first-order chi connectivity index (χ1) is 11.4. The molecule has 0 saturated carbocycles. The Hall–Kier alpha value is -2.14. The molecule has 2 heterocycles. The lowest BCUT2D eigenvalue weighted by molar-refractivity contribution is 0.0682. The quantitative estimate of drug-likeness (QED) is 0.937. The van der Waals surface area contributed by atoms with E-state index in [4.69, 9.17) is 0 Å². The molecular weight excluding hydrogens is 302 g/mol. The van der Waals surface area contributed by atoms with Crippen molar-refractivity contribution in [2.75, 3.05) is 13.1 Å². The number of aryl methyl sites for hydroxylation is 1. The summed E-state index contributed by atoms with van der Waals surface area (Å²) in [5.41, 5.74) is 2.55. The van der Waals surface area contributed by atoms with Crippen molar-refractivity contribution in [2.24, 2.45) is 12.5 Å². The molecule has 1 atom stereocenters. The monoisotopic (exact) mass is 327 g/mol. The summed E-state index contributed by atoms with van der Waals surface area (Å²) in [6.07, 6.45) is 2.91. The van der Waals surface area contributed by atoms with Crippen LogP contribution in [0.1, 0.15) is 47.8 Å². The third-order valence-electron chi connectivity index (χ3n) is 5.16. The molecule has 0 amide bonds. The number of aromatic carboxylic acids is 1. The molecule has 1 aliphatic rings. The normalized spacial score (nSPS) is 20.9. The van der Waals surface area contributed by atoms with E-state index in [1.54, 1.807) is 11.7 Å². The Kier molecular flexibility index (Phi) is 4.45. The summed E-state index contributed by atoms with van der Waals surface area (Å²) in [5.74, 6) is -0.514. The number of likely N-dealkylation sites (tertiary alicyclic amines) is 1. The fourth-order valence-electron chi connectivity index (χ4n) is 3.68. The minimum atomic E-state index is -0.956. The zero-order valence-electron chi connectivity index (χ0n) is 14.6. The van der Waals surface area contributed by atoms with E-state index < -0.39 is 5.97 Å². The van der Waals surface area contributed by atoms with Gasteiger partial charge in [-0.1, -0.05) is 44.2 Å². The van der Waals surface area contributed by atoms with Gasteiger partial charge in [0, 0.05) is 37.8 Å². The van der Waals surface area contributed by atoms with Crippen LogP contribution in [-0.4, -0.2) is 38.8 Å². The van der Waals surface area contributed by atoms with Gasteiger partial charge in [-0.3, -0.25) is 9.58 Å². The number of aromatic nitrogens is 2. The van der Waals surface area contributed by atoms with E-state index in [1.165, 1.54) is 5.56 Å². The number of hydrogen-bond acceptors (Lipinski definition) is 3. The van der Waals surface area contributed by atoms with E-state index in [9.17, 15) is 9.90 Å². The van der Waals surface area contributed by atoms with Crippen LogP contribution < -0.4 is 0 Å². The smallest absolute Gasteiger partial charge is 0.356 e. The summed E-state index contributed by atoms with van der Waals surface area (Å²) in [7, 11) is 1.77. The lowest BCUT2D eigenvalue weighted by Gasteiger charge is -2.44. The number of carbonyl (C=O) groups is 1. The van der Waals surface area contributed by atoms with Crippen LogP contribution in [0.5, 0.6) is 0 Å². The molecule has 1 saturated heterocycles. The molecule has 5 heteroatoms. The van der Waals surface area contributed by atoms with Gasteiger partial charge in [0.05, 0.1) is 0 Å². The molecule has 24 heavy (non-hydrogen) atoms. The van der Waals surface area contributed by atoms with Crippen molar-refractivity contribution in [1.82, 2.24) is 14.7 Å². The highest BCUT2D eigenvalue weighted by atomic mass is 16.4. The second-order valence-corrected chi connectivity index (χ2v) is 7.42. The minimum absolute atomic E-state index is 0.165. The number of hydrogen-bond donors (Lipinski definition) is 1. The summed E-state index contributed by atoms with van der Waals surface area (Å²) >= 11 is 0. The van der Waals surface area contributed by atoms with Gasteiger partial charge in [0.25, 0.3) is 0 Å². The molecule has 0 aliphatic carbocycles. The maximum atomic E-state index is 11.4. The molecule has 1 aromatic heterocycles. The fourth-order valence-corrected chi connectivity index (χ4v) is 3.68. The Labute approximate surface area is 142 Å². The van der Waals surface area contributed by atoms with Gasteiger partial charge in [0.2, 0.25) is 0 Å². The lowest BCUT2D eigenvalue weighted by atomic mass is 9.70. The standard InChI is InChI=1S/C19H25N3O2/c1-19(2)9-10-22(13-16(19)14-7-5-4-6-8-14)12-15-11-21(3)20-17(15)18(23)24/h4-8,11,16H,9-10,12-13H2,1-3H3,(H,23,24)/t16-/m1/s1. The van der Waals surface area contributed by atoms with Crippen molar-refractivity contribution >= 4 is 5.97 Å². The highest BCUT2D eigenvalue weighted by Gasteiger charge is 2.36. The van der Waals surface area contributed by atoms with Crippen LogP contribution in [0.25, 0.3) is 0 Å². The van der Waals surface area contributed by atoms with Crippen molar-refractivity contribution < 1.29 is 9.90 Å². The van der Waals surface area contributed by atoms with Crippen LogP contribution in [0.15, 0.2) is 36.5 Å². The van der Waals surface area contributed by atoms with E-state index in [1.807, 2.05) is 12.3 Å². The second-order valence-electron chi connectivity index (χ2n) is 7.42. The molecule has 0 spiro atoms. The van der Waals surface area contributed by atoms with Crippen molar-refractivity contribution in [1.29, 1.82) is 0 Å². The zero-order valence-corrected chi connectivity index (χ0v) is 14.6. The number of rotatable bonds is 4. The number of benzene rings is 1. The third kappa shape index (κ3) is 3.36. The maximum absolute atomic E-state index is 11.4. The molecule has 5 nitrogen and oxygen atoms in total. The Bertz CT molecular complexity index is 721. The van der Waals surface area contributed by atoms with Crippen LogP contribution in [0.3, 0.4) is 0 Å². The van der Waals surface area contributed by atoms with Crippen molar-refractivity contribution in [2.45, 2.75) is 32.7 Å². The molecule has 1 aromatic carbocycles. The van der Waals surface area contributed by atoms with Crippen molar-refractivity contribution in [3.63, 3.8) is 0 Å². The van der Waals surface area contributed by atoms with Crippen LogP contribution >= 0.6 is 0 Å². The van der Waals surface area contributed by atoms with Crippen molar-refractivity contribution in [3.8, 4) is 0 Å². The second kappa shape index (κ2) is 6.40. The average molecular weight is 327 g/mol. The van der Waals surface area contributed by atoms with Crippen LogP contribution in [0, 0.1) is 5.41 Å². The van der Waals surface area contributed by atoms with Gasteiger partial charge < -0.3 is 5.11 Å². The first-order valence-corrected chi connectivity index (χ1v) is 8.40. The van der Waals surface area contributed by atoms with Gasteiger partial charge >= 0.3 is 5.97 Å². The van der Waals surface area contributed by atoms with E-state index in [2.05, 4.69) is 48.1 Å². The van der Waals surface area contributed by atoms with Gasteiger partial charge in [-0.25, -0.2) is 4.79 Å². The summed E-state index contributed by atoms with van der Waals surface area (Å²) in [5, 5.41) is 13.4. The molecule has 3 rings (SSSR count). The van der Waals surface area contributed by atoms with Crippen LogP contribution in [-0.2, 0) is 13.6 Å². The van der Waals surface area contributed by atoms with Crippen LogP contribution in [0.2, 0.25) is 0 Å². The highest BCUT2D eigenvalue weighted by Crippen LogP contribution is 2.42. The van der Waals surface area contributed by atoms with Gasteiger partial charge in [0.1, 0.15) is 0 Å². The number of carboxylic acids is 1. The van der Waals surface area contributed by atoms with E-state index in [0.29, 0.717) is 12.5 Å².